The molecule has 0 saturated carbocycles. The standard InChI is InChI=1S/C11H14N2O3S/c1-4-15-9-8(11(14)16-5-2)10-13(12-9)7(3)6-17-10/h6H,4-5H2,1-3H3. The molecule has 2 aromatic heterocycles. The van der Waals surface area contributed by atoms with Crippen LogP contribution in [0.25, 0.3) is 4.83 Å². The molecule has 0 aromatic carbocycles. The summed E-state index contributed by atoms with van der Waals surface area (Å²) in [6.45, 7) is 6.37. The van der Waals surface area contributed by atoms with Gasteiger partial charge in [-0.15, -0.1) is 16.4 Å². The second kappa shape index (κ2) is 4.75. The van der Waals surface area contributed by atoms with Gasteiger partial charge in [-0.25, -0.2) is 9.31 Å². The van der Waals surface area contributed by atoms with E-state index in [1.807, 2.05) is 19.2 Å². The molecule has 17 heavy (non-hydrogen) atoms. The Morgan fingerprint density at radius 3 is 2.88 bits per heavy atom. The summed E-state index contributed by atoms with van der Waals surface area (Å²) >= 11 is 1.46. The van der Waals surface area contributed by atoms with E-state index in [2.05, 4.69) is 5.10 Å². The zero-order chi connectivity index (χ0) is 12.4. The van der Waals surface area contributed by atoms with Crippen LogP contribution < -0.4 is 4.74 Å². The maximum absolute atomic E-state index is 11.9. The third kappa shape index (κ3) is 2.00. The molecule has 0 fully saturated rings. The first-order valence-corrected chi connectivity index (χ1v) is 6.33. The van der Waals surface area contributed by atoms with Crippen molar-refractivity contribution in [1.82, 2.24) is 9.61 Å². The number of nitrogens with zero attached hydrogens (tertiary/aromatic N) is 2. The van der Waals surface area contributed by atoms with Gasteiger partial charge in [0.05, 0.1) is 18.9 Å². The van der Waals surface area contributed by atoms with E-state index in [0.717, 1.165) is 10.5 Å². The molecule has 0 unspecified atom stereocenters. The maximum Gasteiger partial charge on any atom is 0.346 e. The third-order valence-corrected chi connectivity index (χ3v) is 3.31. The van der Waals surface area contributed by atoms with Crippen LogP contribution in [0, 0.1) is 6.92 Å². The lowest BCUT2D eigenvalue weighted by Crippen LogP contribution is -2.06. The molecule has 0 aliphatic heterocycles. The van der Waals surface area contributed by atoms with Crippen molar-refractivity contribution in [1.29, 1.82) is 0 Å². The Bertz CT molecular complexity index is 544. The first-order valence-electron chi connectivity index (χ1n) is 5.45. The van der Waals surface area contributed by atoms with Gasteiger partial charge in [0.1, 0.15) is 4.83 Å². The van der Waals surface area contributed by atoms with Gasteiger partial charge in [0, 0.05) is 5.38 Å². The van der Waals surface area contributed by atoms with Crippen molar-refractivity contribution in [2.75, 3.05) is 13.2 Å². The molecular weight excluding hydrogens is 240 g/mol. The maximum atomic E-state index is 11.9. The molecule has 0 amide bonds. The van der Waals surface area contributed by atoms with E-state index in [0.29, 0.717) is 24.7 Å². The molecular formula is C11H14N2O3S. The summed E-state index contributed by atoms with van der Waals surface area (Å²) in [5, 5.41) is 6.21. The van der Waals surface area contributed by atoms with E-state index >= 15 is 0 Å². The minimum Gasteiger partial charge on any atom is -0.476 e. The summed E-state index contributed by atoms with van der Waals surface area (Å²) in [4.78, 5) is 12.6. The number of carbonyl (C=O) groups excluding carboxylic acids is 1. The van der Waals surface area contributed by atoms with Crippen LogP contribution in [-0.4, -0.2) is 28.8 Å². The van der Waals surface area contributed by atoms with E-state index in [1.165, 1.54) is 11.3 Å². The fraction of sp³-hybridized carbons (Fsp3) is 0.455. The highest BCUT2D eigenvalue weighted by Gasteiger charge is 2.24. The van der Waals surface area contributed by atoms with Gasteiger partial charge in [0.2, 0.25) is 5.88 Å². The Hall–Kier alpha value is -1.56. The first-order chi connectivity index (χ1) is 8.19. The van der Waals surface area contributed by atoms with E-state index in [-0.39, 0.29) is 5.97 Å². The number of ether oxygens (including phenoxy) is 2. The van der Waals surface area contributed by atoms with Crippen molar-refractivity contribution >= 4 is 22.1 Å². The number of carbonyl (C=O) groups is 1. The molecule has 0 spiro atoms. The summed E-state index contributed by atoms with van der Waals surface area (Å²) in [6.07, 6.45) is 0. The number of aromatic nitrogens is 2. The predicted octanol–water partition coefficient (Wildman–Crippen LogP) is 2.28. The van der Waals surface area contributed by atoms with E-state index in [1.54, 1.807) is 11.4 Å². The number of aryl methyl sites for hydroxylation is 1. The fourth-order valence-corrected chi connectivity index (χ4v) is 2.49. The molecule has 0 saturated heterocycles. The third-order valence-electron chi connectivity index (χ3n) is 2.25. The second-order valence-electron chi connectivity index (χ2n) is 3.43. The largest absolute Gasteiger partial charge is 0.476 e. The van der Waals surface area contributed by atoms with E-state index in [4.69, 9.17) is 9.47 Å². The molecule has 5 nitrogen and oxygen atoms in total. The molecule has 0 aliphatic carbocycles. The lowest BCUT2D eigenvalue weighted by Gasteiger charge is -2.02. The van der Waals surface area contributed by atoms with Crippen molar-refractivity contribution in [3.63, 3.8) is 0 Å². The van der Waals surface area contributed by atoms with Crippen LogP contribution in [-0.2, 0) is 4.74 Å². The zero-order valence-electron chi connectivity index (χ0n) is 10.0. The van der Waals surface area contributed by atoms with Gasteiger partial charge < -0.3 is 9.47 Å². The number of hydrogen-bond donors (Lipinski definition) is 0. The minimum atomic E-state index is -0.382. The van der Waals surface area contributed by atoms with E-state index < -0.39 is 0 Å². The van der Waals surface area contributed by atoms with Crippen molar-refractivity contribution in [2.45, 2.75) is 20.8 Å². The average Bonchev–Trinajstić information content (AvgIpc) is 2.80. The number of thiazole rings is 1. The summed E-state index contributed by atoms with van der Waals surface area (Å²) in [7, 11) is 0. The lowest BCUT2D eigenvalue weighted by atomic mass is 10.3. The van der Waals surface area contributed by atoms with Crippen LogP contribution >= 0.6 is 11.3 Å². The SMILES string of the molecule is CCOC(=O)c1c(OCC)nn2c(C)csc12. The normalized spacial score (nSPS) is 10.8. The molecule has 0 aliphatic rings. The quantitative estimate of drug-likeness (QED) is 0.785. The molecule has 6 heteroatoms. The topological polar surface area (TPSA) is 52.8 Å². The van der Waals surface area contributed by atoms with Gasteiger partial charge in [0.15, 0.2) is 5.56 Å². The van der Waals surface area contributed by atoms with Crippen LogP contribution in [0.3, 0.4) is 0 Å². The van der Waals surface area contributed by atoms with Crippen molar-refractivity contribution < 1.29 is 14.3 Å². The van der Waals surface area contributed by atoms with Gasteiger partial charge in [-0.1, -0.05) is 0 Å². The molecule has 0 bridgehead atoms. The number of rotatable bonds is 4. The second-order valence-corrected chi connectivity index (χ2v) is 4.29. The van der Waals surface area contributed by atoms with Gasteiger partial charge in [-0.2, -0.15) is 0 Å². The summed E-state index contributed by atoms with van der Waals surface area (Å²) in [6, 6.07) is 0. The van der Waals surface area contributed by atoms with Gasteiger partial charge in [-0.05, 0) is 20.8 Å². The van der Waals surface area contributed by atoms with Gasteiger partial charge in [0.25, 0.3) is 0 Å². The highest BCUT2D eigenvalue weighted by molar-refractivity contribution is 7.16. The van der Waals surface area contributed by atoms with Crippen LogP contribution in [0.1, 0.15) is 29.9 Å². The summed E-state index contributed by atoms with van der Waals surface area (Å²) in [5.41, 5.74) is 1.40. The van der Waals surface area contributed by atoms with Crippen LogP contribution in [0.2, 0.25) is 0 Å². The van der Waals surface area contributed by atoms with Crippen molar-refractivity contribution in [3.8, 4) is 5.88 Å². The van der Waals surface area contributed by atoms with Crippen molar-refractivity contribution in [2.24, 2.45) is 0 Å². The molecule has 92 valence electrons. The fourth-order valence-electron chi connectivity index (χ4n) is 1.54. The van der Waals surface area contributed by atoms with Crippen molar-refractivity contribution in [3.05, 3.63) is 16.6 Å². The minimum absolute atomic E-state index is 0.339. The number of hydrogen-bond acceptors (Lipinski definition) is 5. The Kier molecular flexibility index (Phi) is 3.33. The van der Waals surface area contributed by atoms with Gasteiger partial charge in [-0.3, -0.25) is 0 Å². The molecule has 0 atom stereocenters. The Balaban J connectivity index is 2.55. The number of fused-ring (bicyclic) bond motifs is 1. The highest BCUT2D eigenvalue weighted by Crippen LogP contribution is 2.28. The molecule has 2 rings (SSSR count). The van der Waals surface area contributed by atoms with E-state index in [9.17, 15) is 4.79 Å². The molecule has 0 radical (unpaired) electrons. The van der Waals surface area contributed by atoms with Crippen LogP contribution in [0.4, 0.5) is 0 Å². The Labute approximate surface area is 103 Å². The average molecular weight is 254 g/mol. The first kappa shape index (κ1) is 11.9. The zero-order valence-corrected chi connectivity index (χ0v) is 10.8. The van der Waals surface area contributed by atoms with Crippen LogP contribution in [0.5, 0.6) is 5.88 Å². The van der Waals surface area contributed by atoms with Crippen LogP contribution in [0.15, 0.2) is 5.38 Å². The Morgan fingerprint density at radius 1 is 1.47 bits per heavy atom. The summed E-state index contributed by atoms with van der Waals surface area (Å²) in [5.74, 6) is -0.0336. The monoisotopic (exact) mass is 254 g/mol. The Morgan fingerprint density at radius 2 is 2.24 bits per heavy atom. The number of esters is 1. The molecule has 0 N–H and O–H groups in total. The molecule has 2 heterocycles. The predicted molar refractivity (Wildman–Crippen MR) is 64.9 cm³/mol. The summed E-state index contributed by atoms with van der Waals surface area (Å²) < 4.78 is 12.1. The van der Waals surface area contributed by atoms with Gasteiger partial charge >= 0.3 is 5.97 Å². The molecule has 2 aromatic rings. The smallest absolute Gasteiger partial charge is 0.346 e. The highest BCUT2D eigenvalue weighted by atomic mass is 32.1. The lowest BCUT2D eigenvalue weighted by molar-refractivity contribution is 0.0524.